The van der Waals surface area contributed by atoms with Crippen LogP contribution in [0.3, 0.4) is 0 Å². The van der Waals surface area contributed by atoms with Gasteiger partial charge in [-0.05, 0) is 124 Å². The van der Waals surface area contributed by atoms with Crippen molar-refractivity contribution in [2.24, 2.45) is 57.7 Å². The predicted molar refractivity (Wildman–Crippen MR) is 169 cm³/mol. The number of aliphatic carboxylic acids is 1. The Morgan fingerprint density at radius 2 is 1.64 bits per heavy atom. The monoisotopic (exact) mass is 654 g/mol. The average molecular weight is 655 g/mol. The van der Waals surface area contributed by atoms with Gasteiger partial charge >= 0.3 is 17.8 Å². The van der Waals surface area contributed by atoms with E-state index in [0.717, 1.165) is 64.2 Å². The van der Waals surface area contributed by atoms with Gasteiger partial charge in [0, 0.05) is 5.92 Å². The first-order valence-corrected chi connectivity index (χ1v) is 17.5. The number of carboxylic acid groups (broad SMARTS) is 1. The molecule has 5 fully saturated rings. The first-order chi connectivity index (χ1) is 22.2. The van der Waals surface area contributed by atoms with Gasteiger partial charge in [-0.15, -0.1) is 0 Å². The van der Waals surface area contributed by atoms with Crippen LogP contribution in [-0.4, -0.2) is 35.4 Å². The van der Waals surface area contributed by atoms with E-state index in [2.05, 4.69) is 41.3 Å². The maximum atomic E-state index is 14.1. The standard InChI is InChI=1S/C31H44O5.C6H6O5/c1-17-21-9-13-31(4)22-8-12-29(2)11-7-19(27(33)34)15-23(29)20(22)16-24(32)26(31)30(21,3)14-10-25(17)36-28(35)18-5-6-18;1-4-5(2-9-3-7)11-6(8)10-4/h16-19,21-23,25-26H,5-15H2,1-4H3,(H,33,34);3H,2H2,1H3. The molecule has 0 spiro atoms. The molecule has 0 aromatic carbocycles. The molecule has 10 atom stereocenters. The predicted octanol–water partition coefficient (Wildman–Crippen LogP) is 6.42. The molecule has 5 saturated carbocycles. The topological polar surface area (TPSA) is 150 Å². The van der Waals surface area contributed by atoms with Gasteiger partial charge in [0.1, 0.15) is 6.10 Å². The fraction of sp³-hybridized carbons (Fsp3) is 0.757. The van der Waals surface area contributed by atoms with Gasteiger partial charge in [-0.1, -0.05) is 33.3 Å². The molecule has 1 aromatic rings. The van der Waals surface area contributed by atoms with E-state index in [1.54, 1.807) is 6.92 Å². The molecule has 10 nitrogen and oxygen atoms in total. The lowest BCUT2D eigenvalue weighted by atomic mass is 9.38. The lowest BCUT2D eigenvalue weighted by molar-refractivity contribution is -0.182. The number of rotatable bonds is 6. The van der Waals surface area contributed by atoms with E-state index in [0.29, 0.717) is 29.8 Å². The largest absolute Gasteiger partial charge is 0.519 e. The Morgan fingerprint density at radius 1 is 0.936 bits per heavy atom. The smallest absolute Gasteiger partial charge is 0.481 e. The molecule has 0 radical (unpaired) electrons. The normalized spacial score (nSPS) is 40.6. The number of hydrogen-bond donors (Lipinski definition) is 1. The summed E-state index contributed by atoms with van der Waals surface area (Å²) in [6, 6.07) is 0. The van der Waals surface area contributed by atoms with Gasteiger partial charge in [-0.2, -0.15) is 0 Å². The minimum absolute atomic E-state index is 0.00301. The number of allylic oxidation sites excluding steroid dienone is 2. The zero-order valence-corrected chi connectivity index (χ0v) is 28.4. The first kappa shape index (κ1) is 33.7. The summed E-state index contributed by atoms with van der Waals surface area (Å²) in [5.74, 6) is 0.500. The third-order valence-corrected chi connectivity index (χ3v) is 13.6. The zero-order valence-electron chi connectivity index (χ0n) is 28.4. The molecule has 0 saturated heterocycles. The highest BCUT2D eigenvalue weighted by Crippen LogP contribution is 2.69. The second-order valence-corrected chi connectivity index (χ2v) is 16.2. The van der Waals surface area contributed by atoms with E-state index in [1.165, 1.54) is 5.57 Å². The summed E-state index contributed by atoms with van der Waals surface area (Å²) in [5.41, 5.74) is 1.27. The fourth-order valence-electron chi connectivity index (χ4n) is 10.9. The number of carbonyl (C=O) groups is 4. The lowest BCUT2D eigenvalue weighted by Crippen LogP contribution is -2.62. The molecular weight excluding hydrogens is 604 g/mol. The third kappa shape index (κ3) is 5.92. The van der Waals surface area contributed by atoms with Crippen molar-refractivity contribution in [2.75, 3.05) is 0 Å². The Bertz CT molecular complexity index is 1500. The molecule has 10 heteroatoms. The summed E-state index contributed by atoms with van der Waals surface area (Å²) >= 11 is 0. The highest BCUT2D eigenvalue weighted by molar-refractivity contribution is 5.95. The van der Waals surface area contributed by atoms with Crippen molar-refractivity contribution in [3.63, 3.8) is 0 Å². The van der Waals surface area contributed by atoms with Crippen molar-refractivity contribution in [2.45, 2.75) is 118 Å². The van der Waals surface area contributed by atoms with Crippen LogP contribution in [0.2, 0.25) is 0 Å². The molecule has 7 rings (SSSR count). The quantitative estimate of drug-likeness (QED) is 0.269. The van der Waals surface area contributed by atoms with Crippen LogP contribution in [0.4, 0.5) is 0 Å². The van der Waals surface area contributed by atoms with Crippen molar-refractivity contribution in [3.05, 3.63) is 33.8 Å². The van der Waals surface area contributed by atoms with E-state index < -0.39 is 11.8 Å². The van der Waals surface area contributed by atoms with E-state index in [4.69, 9.17) is 4.74 Å². The minimum Gasteiger partial charge on any atom is -0.481 e. The summed E-state index contributed by atoms with van der Waals surface area (Å²) in [5, 5.41) is 9.78. The number of hydrogen-bond acceptors (Lipinski definition) is 9. The van der Waals surface area contributed by atoms with Crippen LogP contribution >= 0.6 is 0 Å². The Morgan fingerprint density at radius 3 is 2.28 bits per heavy atom. The molecule has 1 N–H and O–H groups in total. The van der Waals surface area contributed by atoms with Crippen molar-refractivity contribution < 1.29 is 42.6 Å². The molecule has 258 valence electrons. The van der Waals surface area contributed by atoms with Crippen LogP contribution in [0.15, 0.2) is 25.3 Å². The summed E-state index contributed by atoms with van der Waals surface area (Å²) in [4.78, 5) is 58.6. The summed E-state index contributed by atoms with van der Waals surface area (Å²) in [6.07, 6.45) is 12.5. The average Bonchev–Trinajstić information content (AvgIpc) is 3.81. The SMILES string of the molecule is CC1C(OC(=O)C2CC2)CCC2(C)C1CCC1(C)C3CCC4(C)CCC(C(=O)O)CC4C3=CC(=O)C12.Cc1oc(=O)oc1COC=O. The van der Waals surface area contributed by atoms with Crippen LogP contribution in [0.1, 0.15) is 110 Å². The second-order valence-electron chi connectivity index (χ2n) is 16.2. The van der Waals surface area contributed by atoms with Gasteiger partial charge in [0.25, 0.3) is 6.47 Å². The Hall–Kier alpha value is -3.17. The number of aryl methyl sites for hydroxylation is 1. The maximum Gasteiger partial charge on any atom is 0.519 e. The molecular formula is C37H50O10. The van der Waals surface area contributed by atoms with Crippen LogP contribution in [-0.2, 0) is 35.3 Å². The van der Waals surface area contributed by atoms with Gasteiger partial charge in [-0.3, -0.25) is 19.2 Å². The fourth-order valence-corrected chi connectivity index (χ4v) is 10.9. The summed E-state index contributed by atoms with van der Waals surface area (Å²) < 4.78 is 19.4. The Balaban J connectivity index is 0.000000300. The summed E-state index contributed by atoms with van der Waals surface area (Å²) in [6.45, 7) is 11.1. The molecule has 1 aromatic heterocycles. The van der Waals surface area contributed by atoms with Gasteiger partial charge in [0.2, 0.25) is 0 Å². The number of carboxylic acids is 1. The number of ketones is 1. The first-order valence-electron chi connectivity index (χ1n) is 17.5. The van der Waals surface area contributed by atoms with E-state index in [-0.39, 0.29) is 76.7 Å². The van der Waals surface area contributed by atoms with Gasteiger partial charge < -0.3 is 23.4 Å². The van der Waals surface area contributed by atoms with Crippen molar-refractivity contribution in [1.82, 2.24) is 0 Å². The van der Waals surface area contributed by atoms with Gasteiger partial charge in [-0.25, -0.2) is 4.79 Å². The Kier molecular flexibility index (Phi) is 8.88. The maximum absolute atomic E-state index is 14.1. The van der Waals surface area contributed by atoms with E-state index >= 15 is 0 Å². The molecule has 6 aliphatic rings. The number of esters is 1. The molecule has 10 unspecified atom stereocenters. The number of ether oxygens (including phenoxy) is 2. The molecule has 0 bridgehead atoms. The molecule has 47 heavy (non-hydrogen) atoms. The van der Waals surface area contributed by atoms with Crippen LogP contribution in [0.25, 0.3) is 0 Å². The van der Waals surface area contributed by atoms with Crippen LogP contribution in [0.5, 0.6) is 0 Å². The second kappa shape index (κ2) is 12.4. The highest BCUT2D eigenvalue weighted by Gasteiger charge is 2.65. The molecule has 6 aliphatic carbocycles. The molecule has 0 amide bonds. The number of carbonyl (C=O) groups excluding carboxylic acids is 3. The van der Waals surface area contributed by atoms with E-state index in [1.807, 2.05) is 6.08 Å². The molecule has 0 aliphatic heterocycles. The van der Waals surface area contributed by atoms with Crippen molar-refractivity contribution >= 4 is 24.2 Å². The molecule has 1 heterocycles. The van der Waals surface area contributed by atoms with Gasteiger partial charge in [0.15, 0.2) is 23.9 Å². The number of fused-ring (bicyclic) bond motifs is 7. The zero-order chi connectivity index (χ0) is 33.9. The van der Waals surface area contributed by atoms with Gasteiger partial charge in [0.05, 0.1) is 11.8 Å². The van der Waals surface area contributed by atoms with Crippen LogP contribution < -0.4 is 5.82 Å². The minimum atomic E-state index is -0.785. The summed E-state index contributed by atoms with van der Waals surface area (Å²) in [7, 11) is 0. The van der Waals surface area contributed by atoms with Crippen LogP contribution in [0, 0.1) is 64.6 Å². The van der Waals surface area contributed by atoms with Crippen molar-refractivity contribution in [3.8, 4) is 0 Å². The lowest BCUT2D eigenvalue weighted by Gasteiger charge is -2.65. The third-order valence-electron chi connectivity index (χ3n) is 13.6. The highest BCUT2D eigenvalue weighted by atomic mass is 16.6. The Labute approximate surface area is 276 Å². The van der Waals surface area contributed by atoms with Crippen molar-refractivity contribution in [1.29, 1.82) is 0 Å². The van der Waals surface area contributed by atoms with E-state index in [9.17, 15) is 29.1 Å².